The molecule has 3 aromatic rings. The van der Waals surface area contributed by atoms with Crippen molar-refractivity contribution in [1.29, 1.82) is 0 Å². The molecule has 7 heteroatoms. The van der Waals surface area contributed by atoms with Crippen molar-refractivity contribution in [3.63, 3.8) is 0 Å². The van der Waals surface area contributed by atoms with Crippen molar-refractivity contribution in [3.05, 3.63) is 53.3 Å². The fourth-order valence-corrected chi connectivity index (χ4v) is 4.27. The molecule has 4 rings (SSSR count). The van der Waals surface area contributed by atoms with Gasteiger partial charge in [-0.25, -0.2) is 4.68 Å². The third kappa shape index (κ3) is 3.99. The largest absolute Gasteiger partial charge is 0.300 e. The fraction of sp³-hybridized carbons (Fsp3) is 0.368. The molecule has 26 heavy (non-hydrogen) atoms. The van der Waals surface area contributed by atoms with Crippen molar-refractivity contribution in [3.8, 4) is 5.69 Å². The zero-order valence-corrected chi connectivity index (χ0v) is 15.3. The lowest BCUT2D eigenvalue weighted by Crippen LogP contribution is -2.14. The Morgan fingerprint density at radius 1 is 1.15 bits per heavy atom. The van der Waals surface area contributed by atoms with Gasteiger partial charge in [-0.05, 0) is 36.6 Å². The molecule has 134 valence electrons. The van der Waals surface area contributed by atoms with E-state index < -0.39 is 0 Å². The number of amides is 1. The van der Waals surface area contributed by atoms with Crippen LogP contribution < -0.4 is 5.32 Å². The highest BCUT2D eigenvalue weighted by molar-refractivity contribution is 7.15. The molecule has 1 aromatic carbocycles. The average Bonchev–Trinajstić information content (AvgIpc) is 3.35. The van der Waals surface area contributed by atoms with E-state index in [4.69, 9.17) is 0 Å². The zero-order chi connectivity index (χ0) is 17.8. The van der Waals surface area contributed by atoms with E-state index in [0.29, 0.717) is 17.5 Å². The van der Waals surface area contributed by atoms with Crippen molar-refractivity contribution in [1.82, 2.24) is 20.0 Å². The Hall–Kier alpha value is -2.54. The van der Waals surface area contributed by atoms with Gasteiger partial charge in [0, 0.05) is 18.3 Å². The summed E-state index contributed by atoms with van der Waals surface area (Å²) in [6, 6.07) is 9.70. The molecule has 1 amide bonds. The molecule has 0 unspecified atom stereocenters. The normalized spacial score (nSPS) is 15.1. The molecule has 0 atom stereocenters. The van der Waals surface area contributed by atoms with E-state index in [0.717, 1.165) is 16.3 Å². The summed E-state index contributed by atoms with van der Waals surface area (Å²) in [5.74, 6) is 0.449. The molecular weight excluding hydrogens is 346 g/mol. The van der Waals surface area contributed by atoms with E-state index >= 15 is 0 Å². The number of benzene rings is 1. The highest BCUT2D eigenvalue weighted by Gasteiger charge is 2.20. The molecule has 0 radical (unpaired) electrons. The van der Waals surface area contributed by atoms with Crippen molar-refractivity contribution >= 4 is 22.4 Å². The smallest absolute Gasteiger partial charge is 0.230 e. The molecule has 0 saturated heterocycles. The predicted molar refractivity (Wildman–Crippen MR) is 102 cm³/mol. The molecule has 0 bridgehead atoms. The van der Waals surface area contributed by atoms with E-state index in [-0.39, 0.29) is 5.91 Å². The molecule has 2 aromatic heterocycles. The Balaban J connectivity index is 1.34. The van der Waals surface area contributed by atoms with Gasteiger partial charge in [0.2, 0.25) is 11.0 Å². The fourth-order valence-electron chi connectivity index (χ4n) is 3.34. The molecule has 1 saturated carbocycles. The number of aromatic nitrogens is 4. The van der Waals surface area contributed by atoms with E-state index in [9.17, 15) is 4.79 Å². The van der Waals surface area contributed by atoms with Gasteiger partial charge in [0.25, 0.3) is 0 Å². The third-order valence-corrected chi connectivity index (χ3v) is 5.71. The van der Waals surface area contributed by atoms with Crippen LogP contribution in [0.1, 0.15) is 48.6 Å². The topological polar surface area (TPSA) is 72.7 Å². The number of nitrogens with one attached hydrogen (secondary N) is 1. The molecule has 1 aliphatic rings. The summed E-state index contributed by atoms with van der Waals surface area (Å²) >= 11 is 1.51. The molecule has 0 aliphatic heterocycles. The maximum absolute atomic E-state index is 12.3. The molecule has 1 aliphatic carbocycles. The van der Waals surface area contributed by atoms with Gasteiger partial charge in [-0.2, -0.15) is 5.10 Å². The molecule has 2 heterocycles. The van der Waals surface area contributed by atoms with Crippen molar-refractivity contribution in [2.24, 2.45) is 0 Å². The Morgan fingerprint density at radius 2 is 1.96 bits per heavy atom. The minimum absolute atomic E-state index is 0.0665. The number of nitrogens with zero attached hydrogens (tertiary/aromatic N) is 4. The Bertz CT molecular complexity index is 850. The lowest BCUT2D eigenvalue weighted by atomic mass is 9.90. The summed E-state index contributed by atoms with van der Waals surface area (Å²) < 4.78 is 1.79. The lowest BCUT2D eigenvalue weighted by molar-refractivity contribution is -0.115. The van der Waals surface area contributed by atoms with Crippen LogP contribution in [0.4, 0.5) is 5.13 Å². The highest BCUT2D eigenvalue weighted by atomic mass is 32.1. The number of anilines is 1. The van der Waals surface area contributed by atoms with E-state index in [1.54, 1.807) is 10.9 Å². The summed E-state index contributed by atoms with van der Waals surface area (Å²) in [6.45, 7) is 0. The first-order valence-corrected chi connectivity index (χ1v) is 9.82. The SMILES string of the molecule is O=C(Cc1ccc(-n2cccn2)cc1)Nc1nnc(C2CCCCC2)s1. The molecule has 1 N–H and O–H groups in total. The number of rotatable bonds is 5. The Labute approximate surface area is 156 Å². The summed E-state index contributed by atoms with van der Waals surface area (Å²) in [5, 5.41) is 17.2. The first kappa shape index (κ1) is 16.9. The number of carbonyl (C=O) groups is 1. The van der Waals surface area contributed by atoms with Crippen LogP contribution in [0.5, 0.6) is 0 Å². The monoisotopic (exact) mass is 367 g/mol. The van der Waals surface area contributed by atoms with Crippen LogP contribution in [0.25, 0.3) is 5.69 Å². The van der Waals surface area contributed by atoms with Crippen LogP contribution in [-0.4, -0.2) is 25.9 Å². The average molecular weight is 367 g/mol. The van der Waals surface area contributed by atoms with E-state index in [2.05, 4.69) is 20.6 Å². The second kappa shape index (κ2) is 7.78. The molecular formula is C19H21N5OS. The van der Waals surface area contributed by atoms with Crippen LogP contribution in [0.15, 0.2) is 42.7 Å². The molecule has 6 nitrogen and oxygen atoms in total. The lowest BCUT2D eigenvalue weighted by Gasteiger charge is -2.18. The Kier molecular flexibility index (Phi) is 5.06. The standard InChI is InChI=1S/C19H21N5OS/c25-17(13-14-7-9-16(10-8-14)24-12-4-11-20-24)21-19-23-22-18(26-19)15-5-2-1-3-6-15/h4,7-12,15H,1-3,5-6,13H2,(H,21,23,25). The van der Waals surface area contributed by atoms with Gasteiger partial charge >= 0.3 is 0 Å². The van der Waals surface area contributed by atoms with Crippen LogP contribution in [0, 0.1) is 0 Å². The van der Waals surface area contributed by atoms with Gasteiger partial charge in [0.05, 0.1) is 12.1 Å². The maximum atomic E-state index is 12.3. The third-order valence-electron chi connectivity index (χ3n) is 4.71. The second-order valence-electron chi connectivity index (χ2n) is 6.62. The molecule has 1 fully saturated rings. The first-order valence-electron chi connectivity index (χ1n) is 9.00. The maximum Gasteiger partial charge on any atom is 0.230 e. The summed E-state index contributed by atoms with van der Waals surface area (Å²) in [6.07, 6.45) is 10.2. The van der Waals surface area contributed by atoms with E-state index in [1.807, 2.05) is 36.5 Å². The van der Waals surface area contributed by atoms with Crippen molar-refractivity contribution in [2.75, 3.05) is 5.32 Å². The number of carbonyl (C=O) groups excluding carboxylic acids is 1. The molecule has 0 spiro atoms. The Morgan fingerprint density at radius 3 is 2.69 bits per heavy atom. The van der Waals surface area contributed by atoms with Crippen LogP contribution in [-0.2, 0) is 11.2 Å². The van der Waals surface area contributed by atoms with Gasteiger partial charge < -0.3 is 5.32 Å². The van der Waals surface area contributed by atoms with Crippen LogP contribution in [0.3, 0.4) is 0 Å². The van der Waals surface area contributed by atoms with Gasteiger partial charge in [-0.3, -0.25) is 4.79 Å². The minimum Gasteiger partial charge on any atom is -0.300 e. The van der Waals surface area contributed by atoms with E-state index in [1.165, 1.54) is 43.4 Å². The minimum atomic E-state index is -0.0665. The van der Waals surface area contributed by atoms with Gasteiger partial charge in [0.15, 0.2) is 0 Å². The zero-order valence-electron chi connectivity index (χ0n) is 14.5. The number of hydrogen-bond acceptors (Lipinski definition) is 5. The first-order chi connectivity index (χ1) is 12.8. The van der Waals surface area contributed by atoms with Crippen LogP contribution in [0.2, 0.25) is 0 Å². The number of hydrogen-bond donors (Lipinski definition) is 1. The van der Waals surface area contributed by atoms with Crippen molar-refractivity contribution < 1.29 is 4.79 Å². The second-order valence-corrected chi connectivity index (χ2v) is 7.63. The van der Waals surface area contributed by atoms with Gasteiger partial charge in [0.1, 0.15) is 5.01 Å². The van der Waals surface area contributed by atoms with Crippen LogP contribution >= 0.6 is 11.3 Å². The van der Waals surface area contributed by atoms with Gasteiger partial charge in [-0.1, -0.05) is 42.7 Å². The quantitative estimate of drug-likeness (QED) is 0.741. The van der Waals surface area contributed by atoms with Crippen molar-refractivity contribution in [2.45, 2.75) is 44.4 Å². The summed E-state index contributed by atoms with van der Waals surface area (Å²) in [7, 11) is 0. The summed E-state index contributed by atoms with van der Waals surface area (Å²) in [5.41, 5.74) is 1.93. The highest BCUT2D eigenvalue weighted by Crippen LogP contribution is 2.35. The predicted octanol–water partition coefficient (Wildman–Crippen LogP) is 3.95. The van der Waals surface area contributed by atoms with Gasteiger partial charge in [-0.15, -0.1) is 10.2 Å². The summed E-state index contributed by atoms with van der Waals surface area (Å²) in [4.78, 5) is 12.3.